The lowest BCUT2D eigenvalue weighted by Gasteiger charge is -2.14. The number of hydrogen-bond donors (Lipinski definition) is 1. The molecule has 1 heterocycles. The van der Waals surface area contributed by atoms with Gasteiger partial charge in [0.2, 0.25) is 0 Å². The fourth-order valence-corrected chi connectivity index (χ4v) is 2.44. The largest absolute Gasteiger partial charge is 0.467 e. The van der Waals surface area contributed by atoms with E-state index in [-0.39, 0.29) is 0 Å². The molecule has 0 saturated carbocycles. The summed E-state index contributed by atoms with van der Waals surface area (Å²) in [4.78, 5) is 13.6. The minimum absolute atomic E-state index is 0.486. The van der Waals surface area contributed by atoms with Crippen molar-refractivity contribution in [2.24, 2.45) is 0 Å². The molecule has 0 aliphatic carbocycles. The minimum atomic E-state index is -1.19. The molecular weight excluding hydrogens is 230 g/mol. The van der Waals surface area contributed by atoms with Crippen LogP contribution >= 0.6 is 0 Å². The topological polar surface area (TPSA) is 49.8 Å². The van der Waals surface area contributed by atoms with Gasteiger partial charge in [0.25, 0.3) is 0 Å². The molecule has 4 nitrogen and oxygen atoms in total. The molecule has 0 amide bonds. The van der Waals surface area contributed by atoms with Gasteiger partial charge in [0.1, 0.15) is 0 Å². The molecule has 1 saturated heterocycles. The molecule has 0 aromatic heterocycles. The van der Waals surface area contributed by atoms with Crippen LogP contribution in [0.3, 0.4) is 0 Å². The van der Waals surface area contributed by atoms with Crippen molar-refractivity contribution in [1.82, 2.24) is 4.90 Å². The molecule has 2 atom stereocenters. The maximum Gasteiger partial charge on any atom is 0.339 e. The van der Waals surface area contributed by atoms with Crippen molar-refractivity contribution in [3.05, 3.63) is 35.4 Å². The van der Waals surface area contributed by atoms with Crippen LogP contribution in [-0.2, 0) is 9.53 Å². The average Bonchev–Trinajstić information content (AvgIpc) is 2.84. The number of ether oxygens (including phenoxy) is 1. The van der Waals surface area contributed by atoms with Gasteiger partial charge in [-0.05, 0) is 37.1 Å². The summed E-state index contributed by atoms with van der Waals surface area (Å²) in [6, 6.07) is 7.60. The molecule has 1 aliphatic rings. The Labute approximate surface area is 107 Å². The summed E-state index contributed by atoms with van der Waals surface area (Å²) in [6.07, 6.45) is -0.0667. The second-order valence-electron chi connectivity index (χ2n) is 4.84. The monoisotopic (exact) mass is 249 g/mol. The van der Waals surface area contributed by atoms with E-state index in [1.807, 2.05) is 12.1 Å². The summed E-state index contributed by atoms with van der Waals surface area (Å²) in [6.45, 7) is 2.12. The van der Waals surface area contributed by atoms with Crippen LogP contribution in [0.4, 0.5) is 0 Å². The van der Waals surface area contributed by atoms with Crippen molar-refractivity contribution in [3.63, 3.8) is 0 Å². The summed E-state index contributed by atoms with van der Waals surface area (Å²) >= 11 is 0. The number of carbonyl (C=O) groups excluding carboxylic acids is 1. The number of nitrogens with zero attached hydrogens (tertiary/aromatic N) is 1. The smallest absolute Gasteiger partial charge is 0.339 e. The van der Waals surface area contributed by atoms with E-state index in [0.29, 0.717) is 11.5 Å². The molecule has 98 valence electrons. The van der Waals surface area contributed by atoms with E-state index < -0.39 is 12.1 Å². The predicted molar refractivity (Wildman–Crippen MR) is 68.3 cm³/mol. The summed E-state index contributed by atoms with van der Waals surface area (Å²) in [5.41, 5.74) is 1.79. The van der Waals surface area contributed by atoms with E-state index in [0.717, 1.165) is 19.5 Å². The van der Waals surface area contributed by atoms with E-state index >= 15 is 0 Å². The Morgan fingerprint density at radius 2 is 2.33 bits per heavy atom. The molecular formula is C14H19NO3. The molecule has 18 heavy (non-hydrogen) atoms. The van der Waals surface area contributed by atoms with Gasteiger partial charge >= 0.3 is 5.97 Å². The third-order valence-corrected chi connectivity index (χ3v) is 3.51. The quantitative estimate of drug-likeness (QED) is 0.821. The van der Waals surface area contributed by atoms with Gasteiger partial charge in [-0.2, -0.15) is 0 Å². The highest BCUT2D eigenvalue weighted by molar-refractivity contribution is 5.76. The van der Waals surface area contributed by atoms with E-state index in [1.54, 1.807) is 6.07 Å². The molecule has 4 heteroatoms. The Hall–Kier alpha value is -1.39. The first kappa shape index (κ1) is 13.1. The number of esters is 1. The lowest BCUT2D eigenvalue weighted by molar-refractivity contribution is -0.150. The first-order chi connectivity index (χ1) is 8.61. The summed E-state index contributed by atoms with van der Waals surface area (Å²) < 4.78 is 4.55. The summed E-state index contributed by atoms with van der Waals surface area (Å²) in [5.74, 6) is -0.129. The van der Waals surface area contributed by atoms with Crippen LogP contribution in [0.25, 0.3) is 0 Å². The minimum Gasteiger partial charge on any atom is -0.467 e. The Balaban J connectivity index is 2.17. The van der Waals surface area contributed by atoms with Gasteiger partial charge in [-0.3, -0.25) is 0 Å². The zero-order chi connectivity index (χ0) is 13.1. The van der Waals surface area contributed by atoms with Gasteiger partial charge in [-0.15, -0.1) is 0 Å². The second-order valence-corrected chi connectivity index (χ2v) is 4.84. The Bertz CT molecular complexity index is 433. The molecule has 0 radical (unpaired) electrons. The van der Waals surface area contributed by atoms with E-state index in [1.165, 1.54) is 12.7 Å². The zero-order valence-corrected chi connectivity index (χ0v) is 10.8. The number of benzene rings is 1. The van der Waals surface area contributed by atoms with Gasteiger partial charge in [-0.1, -0.05) is 24.3 Å². The molecule has 1 N–H and O–H groups in total. The first-order valence-electron chi connectivity index (χ1n) is 6.16. The highest BCUT2D eigenvalue weighted by atomic mass is 16.5. The highest BCUT2D eigenvalue weighted by Crippen LogP contribution is 2.28. The van der Waals surface area contributed by atoms with Crippen molar-refractivity contribution in [3.8, 4) is 0 Å². The fourth-order valence-electron chi connectivity index (χ4n) is 2.44. The molecule has 0 bridgehead atoms. The van der Waals surface area contributed by atoms with Gasteiger partial charge < -0.3 is 14.7 Å². The second kappa shape index (κ2) is 5.50. The Morgan fingerprint density at radius 1 is 1.56 bits per heavy atom. The van der Waals surface area contributed by atoms with Crippen molar-refractivity contribution < 1.29 is 14.6 Å². The average molecular weight is 249 g/mol. The molecule has 1 aromatic carbocycles. The van der Waals surface area contributed by atoms with Crippen LogP contribution in [-0.4, -0.2) is 43.2 Å². The number of aliphatic hydroxyl groups excluding tert-OH is 1. The van der Waals surface area contributed by atoms with Crippen molar-refractivity contribution in [1.29, 1.82) is 0 Å². The van der Waals surface area contributed by atoms with Gasteiger partial charge in [0.15, 0.2) is 6.10 Å². The van der Waals surface area contributed by atoms with Crippen molar-refractivity contribution in [2.75, 3.05) is 27.2 Å². The normalized spacial score (nSPS) is 21.8. The van der Waals surface area contributed by atoms with Crippen LogP contribution in [0.1, 0.15) is 29.6 Å². The number of likely N-dealkylation sites (tertiary alicyclic amines) is 1. The number of methoxy groups -OCH3 is 1. The van der Waals surface area contributed by atoms with E-state index in [2.05, 4.69) is 22.8 Å². The number of aliphatic hydroxyl groups is 1. The number of rotatable bonds is 3. The molecule has 1 aromatic rings. The van der Waals surface area contributed by atoms with E-state index in [4.69, 9.17) is 0 Å². The fraction of sp³-hybridized carbons (Fsp3) is 0.500. The zero-order valence-electron chi connectivity index (χ0n) is 10.8. The molecule has 1 aliphatic heterocycles. The van der Waals surface area contributed by atoms with Crippen LogP contribution in [0.15, 0.2) is 24.3 Å². The van der Waals surface area contributed by atoms with Crippen LogP contribution in [0.5, 0.6) is 0 Å². The third kappa shape index (κ3) is 2.71. The van der Waals surface area contributed by atoms with E-state index in [9.17, 15) is 9.90 Å². The third-order valence-electron chi connectivity index (χ3n) is 3.51. The number of carbonyl (C=O) groups is 1. The Kier molecular flexibility index (Phi) is 3.99. The van der Waals surface area contributed by atoms with Gasteiger partial charge in [0, 0.05) is 6.54 Å². The van der Waals surface area contributed by atoms with Crippen LogP contribution in [0.2, 0.25) is 0 Å². The summed E-state index contributed by atoms with van der Waals surface area (Å²) in [5, 5.41) is 9.82. The first-order valence-corrected chi connectivity index (χ1v) is 6.16. The maximum atomic E-state index is 11.3. The highest BCUT2D eigenvalue weighted by Gasteiger charge is 2.23. The Morgan fingerprint density at radius 3 is 2.94 bits per heavy atom. The predicted octanol–water partition coefficient (Wildman–Crippen LogP) is 1.31. The molecule has 0 spiro atoms. The maximum absolute atomic E-state index is 11.3. The van der Waals surface area contributed by atoms with Crippen molar-refractivity contribution >= 4 is 5.97 Å². The SMILES string of the molecule is COC(=O)C(O)c1cccc(C2CCN(C)C2)c1. The van der Waals surface area contributed by atoms with Crippen molar-refractivity contribution in [2.45, 2.75) is 18.4 Å². The van der Waals surface area contributed by atoms with Gasteiger partial charge in [-0.25, -0.2) is 4.79 Å². The van der Waals surface area contributed by atoms with Crippen LogP contribution in [0, 0.1) is 0 Å². The lowest BCUT2D eigenvalue weighted by atomic mass is 9.95. The summed E-state index contributed by atoms with van der Waals surface area (Å²) in [7, 11) is 3.38. The van der Waals surface area contributed by atoms with Crippen LogP contribution < -0.4 is 0 Å². The molecule has 1 fully saturated rings. The number of likely N-dealkylation sites (N-methyl/N-ethyl adjacent to an activating group) is 1. The standard InChI is InChI=1S/C14H19NO3/c1-15-7-6-12(9-15)10-4-3-5-11(8-10)13(16)14(17)18-2/h3-5,8,12-13,16H,6-7,9H2,1-2H3. The van der Waals surface area contributed by atoms with Gasteiger partial charge in [0.05, 0.1) is 7.11 Å². The molecule has 2 unspecified atom stereocenters. The number of hydrogen-bond acceptors (Lipinski definition) is 4. The molecule has 2 rings (SSSR count). The lowest BCUT2D eigenvalue weighted by Crippen LogP contribution is -2.15.